The SMILES string of the molecule is CCOC(=O)C(C)(NC(C)CC)c1cc(C)ccc1C. The Labute approximate surface area is 122 Å². The van der Waals surface area contributed by atoms with E-state index in [0.29, 0.717) is 6.61 Å². The van der Waals surface area contributed by atoms with E-state index in [1.807, 2.05) is 27.7 Å². The van der Waals surface area contributed by atoms with Crippen LogP contribution in [0, 0.1) is 13.8 Å². The van der Waals surface area contributed by atoms with E-state index in [1.54, 1.807) is 0 Å². The number of rotatable bonds is 6. The quantitative estimate of drug-likeness (QED) is 0.809. The summed E-state index contributed by atoms with van der Waals surface area (Å²) in [5.41, 5.74) is 2.44. The summed E-state index contributed by atoms with van der Waals surface area (Å²) in [5, 5.41) is 3.44. The molecule has 0 aliphatic heterocycles. The molecule has 0 spiro atoms. The second-order valence-corrected chi connectivity index (χ2v) is 5.62. The first-order valence-electron chi connectivity index (χ1n) is 7.37. The number of carbonyl (C=O) groups is 1. The third kappa shape index (κ3) is 3.60. The van der Waals surface area contributed by atoms with Crippen LogP contribution in [0.3, 0.4) is 0 Å². The zero-order valence-corrected chi connectivity index (χ0v) is 13.5. The smallest absolute Gasteiger partial charge is 0.330 e. The minimum Gasteiger partial charge on any atom is -0.464 e. The molecule has 2 unspecified atom stereocenters. The summed E-state index contributed by atoms with van der Waals surface area (Å²) >= 11 is 0. The minimum absolute atomic E-state index is 0.214. The summed E-state index contributed by atoms with van der Waals surface area (Å²) in [4.78, 5) is 12.5. The van der Waals surface area contributed by atoms with Gasteiger partial charge in [0.15, 0.2) is 0 Å². The number of hydrogen-bond donors (Lipinski definition) is 1. The lowest BCUT2D eigenvalue weighted by molar-refractivity contribution is -0.151. The lowest BCUT2D eigenvalue weighted by Gasteiger charge is -2.33. The van der Waals surface area contributed by atoms with E-state index < -0.39 is 5.54 Å². The maximum absolute atomic E-state index is 12.5. The molecule has 0 aromatic heterocycles. The minimum atomic E-state index is -0.804. The Morgan fingerprint density at radius 2 is 2.00 bits per heavy atom. The van der Waals surface area contributed by atoms with Crippen LogP contribution in [0.1, 0.15) is 50.8 Å². The monoisotopic (exact) mass is 277 g/mol. The summed E-state index contributed by atoms with van der Waals surface area (Å²) < 4.78 is 5.30. The van der Waals surface area contributed by atoms with Crippen LogP contribution < -0.4 is 5.32 Å². The second kappa shape index (κ2) is 6.89. The third-order valence-electron chi connectivity index (χ3n) is 3.76. The average Bonchev–Trinajstić information content (AvgIpc) is 2.41. The molecule has 0 heterocycles. The largest absolute Gasteiger partial charge is 0.464 e. The standard InChI is InChI=1S/C17H27NO2/c1-7-14(5)18-17(6,16(19)20-8-2)15-11-12(3)9-10-13(15)4/h9-11,14,18H,7-8H2,1-6H3. The Hall–Kier alpha value is -1.35. The summed E-state index contributed by atoms with van der Waals surface area (Å²) in [6, 6.07) is 6.43. The van der Waals surface area contributed by atoms with Crippen LogP contribution >= 0.6 is 0 Å². The van der Waals surface area contributed by atoms with Crippen molar-refractivity contribution in [2.75, 3.05) is 6.61 Å². The Balaban J connectivity index is 3.28. The molecule has 112 valence electrons. The van der Waals surface area contributed by atoms with Gasteiger partial charge in [0, 0.05) is 6.04 Å². The van der Waals surface area contributed by atoms with Crippen molar-refractivity contribution in [2.24, 2.45) is 0 Å². The Kier molecular flexibility index (Phi) is 5.75. The highest BCUT2D eigenvalue weighted by Gasteiger charge is 2.38. The first-order valence-corrected chi connectivity index (χ1v) is 7.37. The molecule has 2 atom stereocenters. The van der Waals surface area contributed by atoms with E-state index in [1.165, 1.54) is 0 Å². The van der Waals surface area contributed by atoms with Gasteiger partial charge in [0.05, 0.1) is 6.61 Å². The zero-order valence-electron chi connectivity index (χ0n) is 13.5. The zero-order chi connectivity index (χ0) is 15.3. The van der Waals surface area contributed by atoms with Crippen molar-refractivity contribution in [2.45, 2.75) is 59.5 Å². The fraction of sp³-hybridized carbons (Fsp3) is 0.588. The van der Waals surface area contributed by atoms with Gasteiger partial charge in [-0.3, -0.25) is 5.32 Å². The van der Waals surface area contributed by atoms with Crippen LogP contribution in [-0.2, 0) is 15.1 Å². The molecular formula is C17H27NO2. The number of nitrogens with one attached hydrogen (secondary N) is 1. The summed E-state index contributed by atoms with van der Waals surface area (Å²) in [7, 11) is 0. The molecule has 1 aromatic rings. The molecule has 3 nitrogen and oxygen atoms in total. The molecule has 1 aromatic carbocycles. The van der Waals surface area contributed by atoms with Gasteiger partial charge in [0.25, 0.3) is 0 Å². The van der Waals surface area contributed by atoms with Crippen LogP contribution in [0.4, 0.5) is 0 Å². The molecule has 0 aliphatic rings. The molecule has 20 heavy (non-hydrogen) atoms. The first-order chi connectivity index (χ1) is 9.35. The number of benzene rings is 1. The Morgan fingerprint density at radius 3 is 2.55 bits per heavy atom. The van der Waals surface area contributed by atoms with Crippen molar-refractivity contribution in [3.63, 3.8) is 0 Å². The maximum Gasteiger partial charge on any atom is 0.330 e. The van der Waals surface area contributed by atoms with Crippen molar-refractivity contribution in [1.82, 2.24) is 5.32 Å². The highest BCUT2D eigenvalue weighted by atomic mass is 16.5. The molecule has 0 fully saturated rings. The molecule has 1 N–H and O–H groups in total. The molecule has 3 heteroatoms. The molecule has 0 saturated heterocycles. The predicted molar refractivity (Wildman–Crippen MR) is 82.8 cm³/mol. The molecule has 1 rings (SSSR count). The van der Waals surface area contributed by atoms with Gasteiger partial charge in [0.2, 0.25) is 0 Å². The van der Waals surface area contributed by atoms with E-state index in [4.69, 9.17) is 4.74 Å². The van der Waals surface area contributed by atoms with Gasteiger partial charge in [-0.05, 0) is 52.2 Å². The van der Waals surface area contributed by atoms with Crippen LogP contribution in [0.15, 0.2) is 18.2 Å². The second-order valence-electron chi connectivity index (χ2n) is 5.62. The topological polar surface area (TPSA) is 38.3 Å². The number of aryl methyl sites for hydroxylation is 2. The van der Waals surface area contributed by atoms with Crippen molar-refractivity contribution in [3.8, 4) is 0 Å². The van der Waals surface area contributed by atoms with E-state index in [2.05, 4.69) is 37.4 Å². The summed E-state index contributed by atoms with van der Waals surface area (Å²) in [5.74, 6) is -0.214. The van der Waals surface area contributed by atoms with Crippen LogP contribution in [0.5, 0.6) is 0 Å². The molecule has 0 bridgehead atoms. The fourth-order valence-corrected chi connectivity index (χ4v) is 2.39. The van der Waals surface area contributed by atoms with E-state index >= 15 is 0 Å². The van der Waals surface area contributed by atoms with Gasteiger partial charge in [-0.1, -0.05) is 30.7 Å². The van der Waals surface area contributed by atoms with Crippen molar-refractivity contribution in [1.29, 1.82) is 0 Å². The number of carbonyl (C=O) groups excluding carboxylic acids is 1. The fourth-order valence-electron chi connectivity index (χ4n) is 2.39. The molecule has 0 saturated carbocycles. The van der Waals surface area contributed by atoms with E-state index in [9.17, 15) is 4.79 Å². The van der Waals surface area contributed by atoms with E-state index in [-0.39, 0.29) is 12.0 Å². The third-order valence-corrected chi connectivity index (χ3v) is 3.76. The summed E-state index contributed by atoms with van der Waals surface area (Å²) in [6.07, 6.45) is 0.958. The van der Waals surface area contributed by atoms with Crippen LogP contribution in [0.25, 0.3) is 0 Å². The number of hydrogen-bond acceptors (Lipinski definition) is 3. The highest BCUT2D eigenvalue weighted by molar-refractivity contribution is 5.82. The molecular weight excluding hydrogens is 250 g/mol. The molecule has 0 radical (unpaired) electrons. The van der Waals surface area contributed by atoms with Crippen molar-refractivity contribution in [3.05, 3.63) is 34.9 Å². The molecule has 0 aliphatic carbocycles. The Bertz CT molecular complexity index is 470. The maximum atomic E-state index is 12.5. The molecule has 0 amide bonds. The normalized spacial score (nSPS) is 15.5. The summed E-state index contributed by atoms with van der Waals surface area (Å²) in [6.45, 7) is 12.4. The lowest BCUT2D eigenvalue weighted by atomic mass is 9.86. The number of ether oxygens (including phenoxy) is 1. The predicted octanol–water partition coefficient (Wildman–Crippen LogP) is 3.47. The average molecular weight is 277 g/mol. The van der Waals surface area contributed by atoms with Crippen molar-refractivity contribution < 1.29 is 9.53 Å². The Morgan fingerprint density at radius 1 is 1.35 bits per heavy atom. The van der Waals surface area contributed by atoms with Gasteiger partial charge in [0.1, 0.15) is 5.54 Å². The highest BCUT2D eigenvalue weighted by Crippen LogP contribution is 2.28. The number of esters is 1. The van der Waals surface area contributed by atoms with Crippen LogP contribution in [0.2, 0.25) is 0 Å². The van der Waals surface area contributed by atoms with Gasteiger partial charge in [-0.25, -0.2) is 4.79 Å². The lowest BCUT2D eigenvalue weighted by Crippen LogP contribution is -2.51. The first kappa shape index (κ1) is 16.7. The van der Waals surface area contributed by atoms with Gasteiger partial charge >= 0.3 is 5.97 Å². The van der Waals surface area contributed by atoms with Crippen LogP contribution in [-0.4, -0.2) is 18.6 Å². The van der Waals surface area contributed by atoms with Crippen molar-refractivity contribution >= 4 is 5.97 Å². The van der Waals surface area contributed by atoms with Gasteiger partial charge in [-0.2, -0.15) is 0 Å². The van der Waals surface area contributed by atoms with E-state index in [0.717, 1.165) is 23.1 Å². The van der Waals surface area contributed by atoms with Gasteiger partial charge < -0.3 is 4.74 Å². The van der Waals surface area contributed by atoms with Gasteiger partial charge in [-0.15, -0.1) is 0 Å².